The predicted molar refractivity (Wildman–Crippen MR) is 97.5 cm³/mol. The van der Waals surface area contributed by atoms with Gasteiger partial charge in [-0.1, -0.05) is 30.3 Å². The first-order valence-electron chi connectivity index (χ1n) is 7.82. The standard InChI is InChI=1S/C20H19FN2O2/c1-25-18-10-7-15(11-13-5-8-16(21)9-6-13)20(22)19(18)14-3-2-4-17(12-14)23-24/h2-10,12,23-24H,11,22H2,1H3. The van der Waals surface area contributed by atoms with E-state index in [0.717, 1.165) is 22.3 Å². The van der Waals surface area contributed by atoms with Gasteiger partial charge < -0.3 is 10.5 Å². The van der Waals surface area contributed by atoms with E-state index in [0.29, 0.717) is 23.5 Å². The SMILES string of the molecule is COc1ccc(Cc2ccc(F)cc2)c(N)c1-c1cccc(NO)c1. The fraction of sp³-hybridized carbons (Fsp3) is 0.100. The van der Waals surface area contributed by atoms with Crippen LogP contribution in [0.3, 0.4) is 0 Å². The minimum absolute atomic E-state index is 0.263. The molecule has 0 radical (unpaired) electrons. The molecule has 3 rings (SSSR count). The molecule has 0 aliphatic rings. The first-order chi connectivity index (χ1) is 12.1. The summed E-state index contributed by atoms with van der Waals surface area (Å²) in [5.74, 6) is 0.385. The Morgan fingerprint density at radius 3 is 2.52 bits per heavy atom. The molecule has 0 atom stereocenters. The minimum Gasteiger partial charge on any atom is -0.496 e. The molecule has 0 aliphatic heterocycles. The number of nitrogens with two attached hydrogens (primary N) is 1. The molecular weight excluding hydrogens is 319 g/mol. The molecule has 5 heteroatoms. The van der Waals surface area contributed by atoms with E-state index in [-0.39, 0.29) is 5.82 Å². The first-order valence-corrected chi connectivity index (χ1v) is 7.82. The number of rotatable bonds is 5. The Labute approximate surface area is 145 Å². The van der Waals surface area contributed by atoms with Crippen LogP contribution in [-0.4, -0.2) is 12.3 Å². The monoisotopic (exact) mass is 338 g/mol. The number of benzene rings is 3. The second-order valence-electron chi connectivity index (χ2n) is 5.71. The lowest BCUT2D eigenvalue weighted by Gasteiger charge is -2.16. The Morgan fingerprint density at radius 1 is 1.08 bits per heavy atom. The molecule has 3 aromatic carbocycles. The van der Waals surface area contributed by atoms with Crippen molar-refractivity contribution in [3.05, 3.63) is 77.6 Å². The zero-order chi connectivity index (χ0) is 17.8. The van der Waals surface area contributed by atoms with E-state index >= 15 is 0 Å². The highest BCUT2D eigenvalue weighted by molar-refractivity contribution is 5.85. The second-order valence-corrected chi connectivity index (χ2v) is 5.71. The maximum Gasteiger partial charge on any atom is 0.128 e. The highest BCUT2D eigenvalue weighted by Crippen LogP contribution is 2.39. The van der Waals surface area contributed by atoms with Crippen molar-refractivity contribution in [3.8, 4) is 16.9 Å². The highest BCUT2D eigenvalue weighted by Gasteiger charge is 2.14. The van der Waals surface area contributed by atoms with Gasteiger partial charge in [-0.15, -0.1) is 0 Å². The van der Waals surface area contributed by atoms with E-state index in [9.17, 15) is 4.39 Å². The first kappa shape index (κ1) is 16.8. The van der Waals surface area contributed by atoms with E-state index in [1.165, 1.54) is 12.1 Å². The summed E-state index contributed by atoms with van der Waals surface area (Å²) in [5, 5.41) is 9.13. The summed E-state index contributed by atoms with van der Waals surface area (Å²) >= 11 is 0. The fourth-order valence-electron chi connectivity index (χ4n) is 2.83. The number of anilines is 2. The summed E-state index contributed by atoms with van der Waals surface area (Å²) in [5.41, 5.74) is 13.2. The van der Waals surface area contributed by atoms with Gasteiger partial charge in [0.25, 0.3) is 0 Å². The van der Waals surface area contributed by atoms with Crippen molar-refractivity contribution in [2.75, 3.05) is 18.3 Å². The molecule has 0 saturated heterocycles. The molecule has 4 N–H and O–H groups in total. The average Bonchev–Trinajstić information content (AvgIpc) is 2.65. The number of hydrogen-bond donors (Lipinski definition) is 3. The lowest BCUT2D eigenvalue weighted by atomic mass is 9.95. The van der Waals surface area contributed by atoms with Crippen LogP contribution in [0.4, 0.5) is 15.8 Å². The van der Waals surface area contributed by atoms with E-state index < -0.39 is 0 Å². The third kappa shape index (κ3) is 3.56. The summed E-state index contributed by atoms with van der Waals surface area (Å²) in [6.45, 7) is 0. The smallest absolute Gasteiger partial charge is 0.128 e. The third-order valence-corrected chi connectivity index (χ3v) is 4.11. The molecule has 3 aromatic rings. The van der Waals surface area contributed by atoms with E-state index in [1.54, 1.807) is 31.4 Å². The molecule has 128 valence electrons. The quantitative estimate of drug-likeness (QED) is 0.474. The predicted octanol–water partition coefficient (Wildman–Crippen LogP) is 4.48. The van der Waals surface area contributed by atoms with Crippen LogP contribution in [0.2, 0.25) is 0 Å². The molecule has 0 unspecified atom stereocenters. The van der Waals surface area contributed by atoms with Gasteiger partial charge in [0.1, 0.15) is 11.6 Å². The van der Waals surface area contributed by atoms with Crippen molar-refractivity contribution in [3.63, 3.8) is 0 Å². The zero-order valence-corrected chi connectivity index (χ0v) is 13.8. The number of halogens is 1. The van der Waals surface area contributed by atoms with E-state index in [4.69, 9.17) is 15.7 Å². The summed E-state index contributed by atoms with van der Waals surface area (Å²) < 4.78 is 18.6. The van der Waals surface area contributed by atoms with Gasteiger partial charge in [-0.05, 0) is 53.4 Å². The van der Waals surface area contributed by atoms with Crippen molar-refractivity contribution >= 4 is 11.4 Å². The number of nitrogen functional groups attached to an aromatic ring is 1. The number of methoxy groups -OCH3 is 1. The maximum atomic E-state index is 13.1. The van der Waals surface area contributed by atoms with Crippen LogP contribution in [0.5, 0.6) is 5.75 Å². The van der Waals surface area contributed by atoms with Gasteiger partial charge in [-0.2, -0.15) is 0 Å². The minimum atomic E-state index is -0.263. The number of hydrogen-bond acceptors (Lipinski definition) is 4. The largest absolute Gasteiger partial charge is 0.496 e. The van der Waals surface area contributed by atoms with Gasteiger partial charge >= 0.3 is 0 Å². The van der Waals surface area contributed by atoms with Gasteiger partial charge in [0.15, 0.2) is 0 Å². The van der Waals surface area contributed by atoms with Crippen LogP contribution in [0, 0.1) is 5.82 Å². The van der Waals surface area contributed by atoms with Crippen LogP contribution in [0.1, 0.15) is 11.1 Å². The molecule has 0 spiro atoms. The maximum absolute atomic E-state index is 13.1. The lowest BCUT2D eigenvalue weighted by molar-refractivity contribution is 0.389. The average molecular weight is 338 g/mol. The number of nitrogens with one attached hydrogen (secondary N) is 1. The van der Waals surface area contributed by atoms with Gasteiger partial charge in [-0.3, -0.25) is 10.7 Å². The molecule has 25 heavy (non-hydrogen) atoms. The Morgan fingerprint density at radius 2 is 1.84 bits per heavy atom. The Hall–Kier alpha value is -3.05. The molecular formula is C20H19FN2O2. The van der Waals surface area contributed by atoms with Crippen LogP contribution in [0.15, 0.2) is 60.7 Å². The summed E-state index contributed by atoms with van der Waals surface area (Å²) in [6.07, 6.45) is 0.584. The van der Waals surface area contributed by atoms with E-state index in [1.807, 2.05) is 24.3 Å². The van der Waals surface area contributed by atoms with Crippen molar-refractivity contribution in [1.29, 1.82) is 0 Å². The Bertz CT molecular complexity index is 879. The third-order valence-electron chi connectivity index (χ3n) is 4.11. The molecule has 4 nitrogen and oxygen atoms in total. The molecule has 0 heterocycles. The molecule has 0 saturated carbocycles. The lowest BCUT2D eigenvalue weighted by Crippen LogP contribution is -2.01. The normalized spacial score (nSPS) is 10.5. The van der Waals surface area contributed by atoms with Crippen LogP contribution < -0.4 is 16.0 Å². The van der Waals surface area contributed by atoms with Crippen LogP contribution in [0.25, 0.3) is 11.1 Å². The molecule has 0 amide bonds. The van der Waals surface area contributed by atoms with Gasteiger partial charge in [0.05, 0.1) is 12.8 Å². The van der Waals surface area contributed by atoms with Crippen molar-refractivity contribution in [1.82, 2.24) is 0 Å². The summed E-state index contributed by atoms with van der Waals surface area (Å²) in [7, 11) is 1.59. The van der Waals surface area contributed by atoms with Crippen molar-refractivity contribution < 1.29 is 14.3 Å². The van der Waals surface area contributed by atoms with Crippen LogP contribution in [-0.2, 0) is 6.42 Å². The van der Waals surface area contributed by atoms with Crippen LogP contribution >= 0.6 is 0 Å². The highest BCUT2D eigenvalue weighted by atomic mass is 19.1. The Balaban J connectivity index is 2.06. The Kier molecular flexibility index (Phi) is 4.86. The van der Waals surface area contributed by atoms with E-state index in [2.05, 4.69) is 5.48 Å². The van der Waals surface area contributed by atoms with Crippen molar-refractivity contribution in [2.45, 2.75) is 6.42 Å². The molecule has 0 aliphatic carbocycles. The fourth-order valence-corrected chi connectivity index (χ4v) is 2.83. The summed E-state index contributed by atoms with van der Waals surface area (Å²) in [4.78, 5) is 0. The molecule has 0 fully saturated rings. The van der Waals surface area contributed by atoms with Crippen molar-refractivity contribution in [2.24, 2.45) is 0 Å². The molecule has 0 bridgehead atoms. The topological polar surface area (TPSA) is 67.5 Å². The number of ether oxygens (including phenoxy) is 1. The second kappa shape index (κ2) is 7.23. The molecule has 0 aromatic heterocycles. The summed E-state index contributed by atoms with van der Waals surface area (Å²) in [6, 6.07) is 17.4. The van der Waals surface area contributed by atoms with Gasteiger partial charge in [-0.25, -0.2) is 4.39 Å². The zero-order valence-electron chi connectivity index (χ0n) is 13.8. The van der Waals surface area contributed by atoms with Gasteiger partial charge in [0.2, 0.25) is 0 Å². The van der Waals surface area contributed by atoms with Gasteiger partial charge in [0, 0.05) is 11.3 Å².